The third-order valence-electron chi connectivity index (χ3n) is 3.70. The van der Waals surface area contributed by atoms with Crippen molar-refractivity contribution in [3.8, 4) is 5.75 Å². The van der Waals surface area contributed by atoms with Crippen LogP contribution in [-0.2, 0) is 0 Å². The lowest BCUT2D eigenvalue weighted by molar-refractivity contribution is 0.194. The number of anilines is 2. The fourth-order valence-corrected chi connectivity index (χ4v) is 2.70. The Morgan fingerprint density at radius 3 is 2.67 bits per heavy atom. The first-order valence-corrected chi connectivity index (χ1v) is 7.67. The van der Waals surface area contributed by atoms with E-state index in [0.717, 1.165) is 37.5 Å². The van der Waals surface area contributed by atoms with Crippen molar-refractivity contribution < 1.29 is 4.74 Å². The zero-order valence-electron chi connectivity index (χ0n) is 12.5. The van der Waals surface area contributed by atoms with Crippen molar-refractivity contribution in [2.45, 2.75) is 19.4 Å². The molecule has 1 heterocycles. The van der Waals surface area contributed by atoms with Gasteiger partial charge in [-0.2, -0.15) is 0 Å². The summed E-state index contributed by atoms with van der Waals surface area (Å²) < 4.78 is 6.13. The summed E-state index contributed by atoms with van der Waals surface area (Å²) >= 11 is 0. The Hall–Kier alpha value is -2.00. The highest BCUT2D eigenvalue weighted by Gasteiger charge is 2.25. The largest absolute Gasteiger partial charge is 0.485 e. The molecule has 0 bridgehead atoms. The van der Waals surface area contributed by atoms with Crippen LogP contribution in [-0.4, -0.2) is 25.7 Å². The molecule has 2 aromatic carbocycles. The molecule has 21 heavy (non-hydrogen) atoms. The molecule has 0 saturated carbocycles. The lowest BCUT2D eigenvalue weighted by atomic mass is 10.1. The third kappa shape index (κ3) is 3.19. The van der Waals surface area contributed by atoms with E-state index in [9.17, 15) is 0 Å². The SMILES string of the molecule is CCCNCC1CN(c2ccccc2)c2ccccc2O1. The standard InChI is InChI=1S/C18H22N2O/c1-2-12-19-13-16-14-20(15-8-4-3-5-9-15)17-10-6-7-11-18(17)21-16/h3-11,16,19H,2,12-14H2,1H3. The maximum atomic E-state index is 6.13. The first-order chi connectivity index (χ1) is 10.4. The maximum absolute atomic E-state index is 6.13. The molecule has 0 amide bonds. The predicted molar refractivity (Wildman–Crippen MR) is 87.5 cm³/mol. The average Bonchev–Trinajstić information content (AvgIpc) is 2.55. The summed E-state index contributed by atoms with van der Waals surface area (Å²) in [6.45, 7) is 4.97. The summed E-state index contributed by atoms with van der Waals surface area (Å²) in [6.07, 6.45) is 1.32. The Bertz CT molecular complexity index is 570. The van der Waals surface area contributed by atoms with Crippen LogP contribution in [0.1, 0.15) is 13.3 Å². The van der Waals surface area contributed by atoms with Crippen LogP contribution < -0.4 is 15.0 Å². The molecule has 2 aromatic rings. The molecule has 1 unspecified atom stereocenters. The fourth-order valence-electron chi connectivity index (χ4n) is 2.70. The molecule has 110 valence electrons. The second kappa shape index (κ2) is 6.64. The Morgan fingerprint density at radius 2 is 1.86 bits per heavy atom. The summed E-state index contributed by atoms with van der Waals surface area (Å²) in [5.41, 5.74) is 2.36. The van der Waals surface area contributed by atoms with Crippen LogP contribution in [0.5, 0.6) is 5.75 Å². The average molecular weight is 282 g/mol. The van der Waals surface area contributed by atoms with Crippen molar-refractivity contribution >= 4 is 11.4 Å². The van der Waals surface area contributed by atoms with Gasteiger partial charge in [-0.3, -0.25) is 0 Å². The number of nitrogens with one attached hydrogen (secondary N) is 1. The summed E-state index contributed by atoms with van der Waals surface area (Å²) in [6, 6.07) is 18.8. The van der Waals surface area contributed by atoms with E-state index in [1.54, 1.807) is 0 Å². The molecule has 1 aliphatic rings. The van der Waals surface area contributed by atoms with E-state index in [4.69, 9.17) is 4.74 Å². The van der Waals surface area contributed by atoms with Crippen LogP contribution in [0, 0.1) is 0 Å². The number of ether oxygens (including phenoxy) is 1. The minimum absolute atomic E-state index is 0.173. The van der Waals surface area contributed by atoms with Crippen molar-refractivity contribution in [2.75, 3.05) is 24.5 Å². The zero-order chi connectivity index (χ0) is 14.5. The molecule has 0 aromatic heterocycles. The Kier molecular flexibility index (Phi) is 4.41. The molecule has 1 N–H and O–H groups in total. The summed E-state index contributed by atoms with van der Waals surface area (Å²) in [7, 11) is 0. The van der Waals surface area contributed by atoms with Crippen molar-refractivity contribution in [1.82, 2.24) is 5.32 Å². The van der Waals surface area contributed by atoms with E-state index in [-0.39, 0.29) is 6.10 Å². The highest BCUT2D eigenvalue weighted by molar-refractivity contribution is 5.70. The number of para-hydroxylation sites is 3. The summed E-state index contributed by atoms with van der Waals surface area (Å²) in [4.78, 5) is 2.34. The van der Waals surface area contributed by atoms with Crippen LogP contribution in [0.2, 0.25) is 0 Å². The van der Waals surface area contributed by atoms with Gasteiger partial charge in [0.2, 0.25) is 0 Å². The first kappa shape index (κ1) is 14.0. The van der Waals surface area contributed by atoms with Gasteiger partial charge in [-0.05, 0) is 37.2 Å². The quantitative estimate of drug-likeness (QED) is 0.848. The van der Waals surface area contributed by atoms with Gasteiger partial charge in [0.25, 0.3) is 0 Å². The van der Waals surface area contributed by atoms with E-state index < -0.39 is 0 Å². The van der Waals surface area contributed by atoms with Crippen LogP contribution >= 0.6 is 0 Å². The summed E-state index contributed by atoms with van der Waals surface area (Å²) in [5.74, 6) is 0.968. The Morgan fingerprint density at radius 1 is 1.10 bits per heavy atom. The van der Waals surface area contributed by atoms with Crippen LogP contribution in [0.3, 0.4) is 0 Å². The van der Waals surface area contributed by atoms with Gasteiger partial charge in [-0.1, -0.05) is 37.3 Å². The van der Waals surface area contributed by atoms with E-state index in [1.807, 2.05) is 6.07 Å². The molecule has 0 radical (unpaired) electrons. The number of nitrogens with zero attached hydrogens (tertiary/aromatic N) is 1. The van der Waals surface area contributed by atoms with E-state index in [0.29, 0.717) is 0 Å². The maximum Gasteiger partial charge on any atom is 0.143 e. The molecular formula is C18H22N2O. The number of rotatable bonds is 5. The number of fused-ring (bicyclic) bond motifs is 1. The second-order valence-corrected chi connectivity index (χ2v) is 5.36. The minimum atomic E-state index is 0.173. The molecule has 0 aliphatic carbocycles. The molecule has 3 rings (SSSR count). The van der Waals surface area contributed by atoms with E-state index in [1.165, 1.54) is 5.69 Å². The number of benzene rings is 2. The minimum Gasteiger partial charge on any atom is -0.485 e. The Labute approximate surface area is 126 Å². The van der Waals surface area contributed by atoms with E-state index >= 15 is 0 Å². The van der Waals surface area contributed by atoms with Gasteiger partial charge >= 0.3 is 0 Å². The second-order valence-electron chi connectivity index (χ2n) is 5.36. The van der Waals surface area contributed by atoms with Gasteiger partial charge in [0.05, 0.1) is 12.2 Å². The number of hydrogen-bond acceptors (Lipinski definition) is 3. The molecule has 1 atom stereocenters. The highest BCUT2D eigenvalue weighted by atomic mass is 16.5. The van der Waals surface area contributed by atoms with Gasteiger partial charge in [-0.15, -0.1) is 0 Å². The van der Waals surface area contributed by atoms with Crippen molar-refractivity contribution in [2.24, 2.45) is 0 Å². The van der Waals surface area contributed by atoms with Crippen LogP contribution in [0.25, 0.3) is 0 Å². The van der Waals surface area contributed by atoms with Gasteiger partial charge in [-0.25, -0.2) is 0 Å². The van der Waals surface area contributed by atoms with Crippen molar-refractivity contribution in [3.05, 3.63) is 54.6 Å². The van der Waals surface area contributed by atoms with Gasteiger partial charge in [0.15, 0.2) is 0 Å². The lowest BCUT2D eigenvalue weighted by Gasteiger charge is -2.36. The molecule has 0 spiro atoms. The fraction of sp³-hybridized carbons (Fsp3) is 0.333. The molecule has 0 fully saturated rings. The van der Waals surface area contributed by atoms with Gasteiger partial charge in [0, 0.05) is 12.2 Å². The first-order valence-electron chi connectivity index (χ1n) is 7.67. The zero-order valence-corrected chi connectivity index (χ0v) is 12.5. The highest BCUT2D eigenvalue weighted by Crippen LogP contribution is 2.37. The lowest BCUT2D eigenvalue weighted by Crippen LogP contribution is -2.43. The van der Waals surface area contributed by atoms with E-state index in [2.05, 4.69) is 65.7 Å². The topological polar surface area (TPSA) is 24.5 Å². The molecule has 3 heteroatoms. The van der Waals surface area contributed by atoms with Gasteiger partial charge in [0.1, 0.15) is 11.9 Å². The monoisotopic (exact) mass is 282 g/mol. The molecule has 0 saturated heterocycles. The third-order valence-corrected chi connectivity index (χ3v) is 3.70. The van der Waals surface area contributed by atoms with Crippen molar-refractivity contribution in [1.29, 1.82) is 0 Å². The molecule has 3 nitrogen and oxygen atoms in total. The smallest absolute Gasteiger partial charge is 0.143 e. The summed E-state index contributed by atoms with van der Waals surface area (Å²) in [5, 5.41) is 3.46. The molecule has 1 aliphatic heterocycles. The normalized spacial score (nSPS) is 17.2. The predicted octanol–water partition coefficient (Wildman–Crippen LogP) is 3.59. The van der Waals surface area contributed by atoms with Crippen molar-refractivity contribution in [3.63, 3.8) is 0 Å². The van der Waals surface area contributed by atoms with Crippen LogP contribution in [0.15, 0.2) is 54.6 Å². The van der Waals surface area contributed by atoms with Crippen LogP contribution in [0.4, 0.5) is 11.4 Å². The van der Waals surface area contributed by atoms with Gasteiger partial charge < -0.3 is 15.0 Å². The number of hydrogen-bond donors (Lipinski definition) is 1. The molecular weight excluding hydrogens is 260 g/mol. The Balaban J connectivity index is 1.84.